The molecule has 2 N–H and O–H groups in total. The summed E-state index contributed by atoms with van der Waals surface area (Å²) in [6, 6.07) is 6.76. The van der Waals surface area contributed by atoms with Gasteiger partial charge in [-0.1, -0.05) is 25.1 Å². The molecule has 0 saturated heterocycles. The molecule has 2 amide bonds. The molecular formula is C24H28N2O5S. The van der Waals surface area contributed by atoms with Crippen LogP contribution in [0.25, 0.3) is 11.1 Å². The summed E-state index contributed by atoms with van der Waals surface area (Å²) in [5.41, 5.74) is 1.93. The van der Waals surface area contributed by atoms with Crippen molar-refractivity contribution in [1.29, 1.82) is 0 Å². The van der Waals surface area contributed by atoms with Crippen LogP contribution in [0.1, 0.15) is 55.4 Å². The van der Waals surface area contributed by atoms with Crippen molar-refractivity contribution in [2.45, 2.75) is 45.8 Å². The van der Waals surface area contributed by atoms with Gasteiger partial charge in [0.1, 0.15) is 5.60 Å². The van der Waals surface area contributed by atoms with E-state index in [0.29, 0.717) is 17.7 Å². The number of methoxy groups -OCH3 is 1. The van der Waals surface area contributed by atoms with Crippen LogP contribution in [0, 0.1) is 5.92 Å². The molecule has 2 aromatic rings. The summed E-state index contributed by atoms with van der Waals surface area (Å²) in [7, 11) is 1.32. The number of carbonyl (C=O) groups excluding carboxylic acids is 3. The Morgan fingerprint density at radius 1 is 1.22 bits per heavy atom. The van der Waals surface area contributed by atoms with E-state index in [1.807, 2.05) is 38.3 Å². The smallest absolute Gasteiger partial charge is 0.408 e. The van der Waals surface area contributed by atoms with Crippen LogP contribution in [0.5, 0.6) is 0 Å². The highest BCUT2D eigenvalue weighted by atomic mass is 32.1. The van der Waals surface area contributed by atoms with Gasteiger partial charge in [0.15, 0.2) is 0 Å². The lowest BCUT2D eigenvalue weighted by Crippen LogP contribution is -2.34. The van der Waals surface area contributed by atoms with E-state index in [9.17, 15) is 14.4 Å². The molecule has 0 radical (unpaired) electrons. The summed E-state index contributed by atoms with van der Waals surface area (Å²) in [6.07, 6.45) is 3.72. The quantitative estimate of drug-likeness (QED) is 0.472. The maximum Gasteiger partial charge on any atom is 0.408 e. The average Bonchev–Trinajstić information content (AvgIpc) is 3.20. The zero-order chi connectivity index (χ0) is 23.5. The number of nitrogens with one attached hydrogen (secondary N) is 2. The molecule has 2 atom stereocenters. The van der Waals surface area contributed by atoms with Crippen LogP contribution in [0.4, 0.5) is 10.5 Å². The largest absolute Gasteiger partial charge is 0.465 e. The van der Waals surface area contributed by atoms with Gasteiger partial charge in [-0.25, -0.2) is 9.59 Å². The van der Waals surface area contributed by atoms with Crippen LogP contribution >= 0.6 is 11.3 Å². The van der Waals surface area contributed by atoms with Crippen LogP contribution in [0.15, 0.2) is 41.8 Å². The number of hydrogen-bond donors (Lipinski definition) is 2. The third-order valence-corrected chi connectivity index (χ3v) is 5.92. The number of anilines is 1. The Hall–Kier alpha value is -3.13. The van der Waals surface area contributed by atoms with Crippen LogP contribution in [-0.4, -0.2) is 30.7 Å². The Bertz CT molecular complexity index is 1050. The summed E-state index contributed by atoms with van der Waals surface area (Å²) in [5, 5.41) is 7.84. The van der Waals surface area contributed by atoms with Gasteiger partial charge >= 0.3 is 12.1 Å². The second kappa shape index (κ2) is 9.56. The number of rotatable bonds is 2. The molecule has 32 heavy (non-hydrogen) atoms. The Kier molecular flexibility index (Phi) is 7.03. The molecule has 1 aliphatic rings. The molecular weight excluding hydrogens is 428 g/mol. The van der Waals surface area contributed by atoms with Crippen molar-refractivity contribution in [3.8, 4) is 11.1 Å². The van der Waals surface area contributed by atoms with Gasteiger partial charge in [0.2, 0.25) is 5.91 Å². The minimum Gasteiger partial charge on any atom is -0.465 e. The van der Waals surface area contributed by atoms with E-state index in [0.717, 1.165) is 16.0 Å². The van der Waals surface area contributed by atoms with Crippen LogP contribution in [-0.2, 0) is 14.3 Å². The molecule has 1 unspecified atom stereocenters. The van der Waals surface area contributed by atoms with E-state index < -0.39 is 23.6 Å². The molecule has 2 bridgehead atoms. The number of amides is 2. The monoisotopic (exact) mass is 456 g/mol. The minimum absolute atomic E-state index is 0.197. The molecule has 0 fully saturated rings. The first kappa shape index (κ1) is 23.5. The maximum atomic E-state index is 12.8. The summed E-state index contributed by atoms with van der Waals surface area (Å²) >= 11 is 1.51. The van der Waals surface area contributed by atoms with E-state index in [4.69, 9.17) is 9.47 Å². The number of fused-ring (bicyclic) bond motifs is 4. The van der Waals surface area contributed by atoms with Crippen molar-refractivity contribution in [3.05, 3.63) is 52.2 Å². The van der Waals surface area contributed by atoms with E-state index in [2.05, 4.69) is 10.6 Å². The van der Waals surface area contributed by atoms with E-state index in [-0.39, 0.29) is 11.9 Å². The van der Waals surface area contributed by atoms with Crippen LogP contribution in [0.2, 0.25) is 0 Å². The molecule has 2 heterocycles. The number of benzene rings is 1. The molecule has 0 aliphatic carbocycles. The lowest BCUT2D eigenvalue weighted by molar-refractivity contribution is -0.118. The number of thiophene rings is 1. The lowest BCUT2D eigenvalue weighted by atomic mass is 10.0. The number of ether oxygens (including phenoxy) is 2. The third-order valence-electron chi connectivity index (χ3n) is 4.87. The van der Waals surface area contributed by atoms with Gasteiger partial charge in [0.05, 0.1) is 24.6 Å². The molecule has 1 aromatic heterocycles. The Morgan fingerprint density at radius 3 is 2.66 bits per heavy atom. The first-order chi connectivity index (χ1) is 15.1. The number of hydrogen-bond acceptors (Lipinski definition) is 6. The summed E-state index contributed by atoms with van der Waals surface area (Å²) in [6.45, 7) is 7.24. The van der Waals surface area contributed by atoms with E-state index in [1.54, 1.807) is 31.2 Å². The fourth-order valence-electron chi connectivity index (χ4n) is 3.27. The number of esters is 1. The van der Waals surface area contributed by atoms with Crippen molar-refractivity contribution < 1.29 is 23.9 Å². The third kappa shape index (κ3) is 5.76. The van der Waals surface area contributed by atoms with Crippen molar-refractivity contribution in [1.82, 2.24) is 5.32 Å². The molecule has 1 aromatic carbocycles. The Morgan fingerprint density at radius 2 is 1.97 bits per heavy atom. The van der Waals surface area contributed by atoms with Crippen molar-refractivity contribution in [2.75, 3.05) is 12.4 Å². The normalized spacial score (nSPS) is 19.5. The first-order valence-electron chi connectivity index (χ1n) is 10.4. The predicted molar refractivity (Wildman–Crippen MR) is 125 cm³/mol. The van der Waals surface area contributed by atoms with E-state index >= 15 is 0 Å². The molecule has 7 nitrogen and oxygen atoms in total. The van der Waals surface area contributed by atoms with Crippen LogP contribution in [0.3, 0.4) is 0 Å². The zero-order valence-electron chi connectivity index (χ0n) is 18.9. The number of alkyl carbamates (subject to hydrolysis) is 1. The number of carbonyl (C=O) groups is 3. The van der Waals surface area contributed by atoms with Crippen LogP contribution < -0.4 is 10.6 Å². The molecule has 0 saturated carbocycles. The van der Waals surface area contributed by atoms with Gasteiger partial charge in [-0.15, -0.1) is 11.3 Å². The Balaban J connectivity index is 2.01. The van der Waals surface area contributed by atoms with Crippen molar-refractivity contribution in [3.63, 3.8) is 0 Å². The molecule has 3 rings (SSSR count). The second-order valence-electron chi connectivity index (χ2n) is 8.63. The molecule has 8 heteroatoms. The standard InChI is InChI=1S/C24H28N2O5S/c1-14-7-6-8-18(26-23(29)31-24(2,3)4)20-12-16(13-32-20)17-10-9-15(22(28)30-5)11-19(17)25-21(14)27/h6-7,9-14,18H,8H2,1-5H3,(H,25,27)(H,26,29)/b7-6+/t14-,18?/m1/s1. The first-order valence-corrected chi connectivity index (χ1v) is 11.2. The highest BCUT2D eigenvalue weighted by Gasteiger charge is 2.23. The summed E-state index contributed by atoms with van der Waals surface area (Å²) in [5.74, 6) is -1.08. The molecule has 0 spiro atoms. The Labute approximate surface area is 191 Å². The maximum absolute atomic E-state index is 12.8. The summed E-state index contributed by atoms with van der Waals surface area (Å²) < 4.78 is 10.2. The van der Waals surface area contributed by atoms with Gasteiger partial charge < -0.3 is 20.1 Å². The van der Waals surface area contributed by atoms with Crippen molar-refractivity contribution >= 4 is 35.0 Å². The van der Waals surface area contributed by atoms with Gasteiger partial charge in [0, 0.05) is 16.1 Å². The highest BCUT2D eigenvalue weighted by molar-refractivity contribution is 7.10. The zero-order valence-corrected chi connectivity index (χ0v) is 19.7. The van der Waals surface area contributed by atoms with Gasteiger partial charge in [0.25, 0.3) is 0 Å². The fourth-order valence-corrected chi connectivity index (χ4v) is 4.24. The molecule has 1 aliphatic heterocycles. The topological polar surface area (TPSA) is 93.7 Å². The highest BCUT2D eigenvalue weighted by Crippen LogP contribution is 2.36. The van der Waals surface area contributed by atoms with Gasteiger partial charge in [-0.2, -0.15) is 0 Å². The molecule has 170 valence electrons. The average molecular weight is 457 g/mol. The minimum atomic E-state index is -0.602. The lowest BCUT2D eigenvalue weighted by Gasteiger charge is -2.23. The van der Waals surface area contributed by atoms with Gasteiger partial charge in [-0.05, 0) is 56.3 Å². The second-order valence-corrected chi connectivity index (χ2v) is 9.57. The predicted octanol–water partition coefficient (Wildman–Crippen LogP) is 5.30. The van der Waals surface area contributed by atoms with Crippen molar-refractivity contribution in [2.24, 2.45) is 5.92 Å². The van der Waals surface area contributed by atoms with E-state index in [1.165, 1.54) is 18.4 Å². The van der Waals surface area contributed by atoms with Gasteiger partial charge in [-0.3, -0.25) is 4.79 Å². The fraction of sp³-hybridized carbons (Fsp3) is 0.375. The summed E-state index contributed by atoms with van der Waals surface area (Å²) in [4.78, 5) is 38.1. The SMILES string of the molecule is COC(=O)c1ccc2c(c1)NC(=O)[C@H](C)/C=C/CC(NC(=O)OC(C)(C)C)c1cc-2cs1.